The van der Waals surface area contributed by atoms with Gasteiger partial charge in [0.05, 0.1) is 11.1 Å². The molecule has 0 aliphatic carbocycles. The molecule has 3 N–H and O–H groups in total. The molecule has 1 unspecified atom stereocenters. The third-order valence-corrected chi connectivity index (χ3v) is 3.59. The molecule has 1 atom stereocenters. The SMILES string of the molecule is NNC(Cc1ccccc1Cl)c1ccc(F)c(Cl)c1. The Labute approximate surface area is 121 Å². The summed E-state index contributed by atoms with van der Waals surface area (Å²) < 4.78 is 13.2. The second-order valence-electron chi connectivity index (χ2n) is 4.19. The van der Waals surface area contributed by atoms with Gasteiger partial charge >= 0.3 is 0 Å². The quantitative estimate of drug-likeness (QED) is 0.664. The maximum absolute atomic E-state index is 13.2. The first kappa shape index (κ1) is 14.3. The third-order valence-electron chi connectivity index (χ3n) is 2.93. The summed E-state index contributed by atoms with van der Waals surface area (Å²) in [6, 6.07) is 11.9. The Morgan fingerprint density at radius 3 is 2.47 bits per heavy atom. The number of benzene rings is 2. The number of hydrogen-bond donors (Lipinski definition) is 2. The lowest BCUT2D eigenvalue weighted by molar-refractivity contribution is 0.549. The summed E-state index contributed by atoms with van der Waals surface area (Å²) in [7, 11) is 0. The van der Waals surface area contributed by atoms with Crippen LogP contribution < -0.4 is 11.3 Å². The normalized spacial score (nSPS) is 12.4. The van der Waals surface area contributed by atoms with Gasteiger partial charge in [0, 0.05) is 5.02 Å². The minimum absolute atomic E-state index is 0.0805. The highest BCUT2D eigenvalue weighted by Crippen LogP contribution is 2.25. The van der Waals surface area contributed by atoms with Crippen LogP contribution in [0.25, 0.3) is 0 Å². The van der Waals surface area contributed by atoms with Crippen molar-refractivity contribution in [3.63, 3.8) is 0 Å². The van der Waals surface area contributed by atoms with Crippen molar-refractivity contribution in [1.29, 1.82) is 0 Å². The van der Waals surface area contributed by atoms with Gasteiger partial charge in [-0.05, 0) is 35.7 Å². The number of nitrogens with two attached hydrogens (primary N) is 1. The summed E-state index contributed by atoms with van der Waals surface area (Å²) >= 11 is 11.9. The fourth-order valence-corrected chi connectivity index (χ4v) is 2.29. The Kier molecular flexibility index (Phi) is 4.77. The van der Waals surface area contributed by atoms with Crippen LogP contribution in [0.15, 0.2) is 42.5 Å². The summed E-state index contributed by atoms with van der Waals surface area (Å²) in [5.41, 5.74) is 4.48. The number of halogens is 3. The van der Waals surface area contributed by atoms with Crippen molar-refractivity contribution in [2.24, 2.45) is 5.84 Å². The van der Waals surface area contributed by atoms with E-state index < -0.39 is 5.82 Å². The smallest absolute Gasteiger partial charge is 0.141 e. The molecule has 0 fully saturated rings. The molecule has 19 heavy (non-hydrogen) atoms. The van der Waals surface area contributed by atoms with Crippen molar-refractivity contribution >= 4 is 23.2 Å². The molecule has 0 aliphatic heterocycles. The van der Waals surface area contributed by atoms with Gasteiger partial charge in [0.15, 0.2) is 0 Å². The van der Waals surface area contributed by atoms with Gasteiger partial charge in [-0.15, -0.1) is 0 Å². The highest BCUT2D eigenvalue weighted by atomic mass is 35.5. The van der Waals surface area contributed by atoms with Crippen molar-refractivity contribution < 1.29 is 4.39 Å². The zero-order valence-corrected chi connectivity index (χ0v) is 11.5. The van der Waals surface area contributed by atoms with Crippen LogP contribution in [0, 0.1) is 5.82 Å². The molecule has 2 aromatic carbocycles. The fraction of sp³-hybridized carbons (Fsp3) is 0.143. The molecule has 2 aromatic rings. The van der Waals surface area contributed by atoms with Gasteiger partial charge in [0.1, 0.15) is 5.82 Å². The molecule has 0 saturated carbocycles. The highest BCUT2D eigenvalue weighted by Gasteiger charge is 2.14. The molecule has 0 bridgehead atoms. The van der Waals surface area contributed by atoms with Crippen LogP contribution in [0.3, 0.4) is 0 Å². The average Bonchev–Trinajstić information content (AvgIpc) is 2.41. The number of rotatable bonds is 4. The van der Waals surface area contributed by atoms with Crippen LogP contribution in [-0.2, 0) is 6.42 Å². The van der Waals surface area contributed by atoms with Gasteiger partial charge in [-0.1, -0.05) is 47.5 Å². The highest BCUT2D eigenvalue weighted by molar-refractivity contribution is 6.31. The minimum atomic E-state index is -0.445. The van der Waals surface area contributed by atoms with Crippen molar-refractivity contribution in [2.75, 3.05) is 0 Å². The van der Waals surface area contributed by atoms with Crippen LogP contribution in [0.1, 0.15) is 17.2 Å². The summed E-state index contributed by atoms with van der Waals surface area (Å²) in [5, 5.41) is 0.757. The van der Waals surface area contributed by atoms with E-state index in [0.29, 0.717) is 11.4 Å². The summed E-state index contributed by atoms with van der Waals surface area (Å²) in [6.45, 7) is 0. The number of nitrogens with one attached hydrogen (secondary N) is 1. The average molecular weight is 299 g/mol. The molecule has 2 nitrogen and oxygen atoms in total. The van der Waals surface area contributed by atoms with Gasteiger partial charge in [0.2, 0.25) is 0 Å². The van der Waals surface area contributed by atoms with E-state index in [2.05, 4.69) is 5.43 Å². The van der Waals surface area contributed by atoms with E-state index in [1.807, 2.05) is 24.3 Å². The zero-order valence-electron chi connectivity index (χ0n) is 10.0. The Morgan fingerprint density at radius 1 is 1.11 bits per heavy atom. The maximum Gasteiger partial charge on any atom is 0.141 e. The summed E-state index contributed by atoms with van der Waals surface area (Å²) in [4.78, 5) is 0. The van der Waals surface area contributed by atoms with E-state index in [1.54, 1.807) is 12.1 Å². The second kappa shape index (κ2) is 6.35. The van der Waals surface area contributed by atoms with Crippen LogP contribution in [0.2, 0.25) is 10.0 Å². The van der Waals surface area contributed by atoms with Crippen LogP contribution in [0.5, 0.6) is 0 Å². The Balaban J connectivity index is 2.25. The molecule has 0 spiro atoms. The van der Waals surface area contributed by atoms with Crippen molar-refractivity contribution in [2.45, 2.75) is 12.5 Å². The van der Waals surface area contributed by atoms with Gasteiger partial charge in [-0.3, -0.25) is 11.3 Å². The first-order chi connectivity index (χ1) is 9.11. The van der Waals surface area contributed by atoms with Crippen molar-refractivity contribution in [1.82, 2.24) is 5.43 Å². The minimum Gasteiger partial charge on any atom is -0.271 e. The molecule has 0 heterocycles. The molecular formula is C14H13Cl2FN2. The van der Waals surface area contributed by atoms with Crippen LogP contribution in [0.4, 0.5) is 4.39 Å². The van der Waals surface area contributed by atoms with E-state index in [9.17, 15) is 4.39 Å². The molecule has 100 valence electrons. The molecule has 0 saturated heterocycles. The second-order valence-corrected chi connectivity index (χ2v) is 5.00. The van der Waals surface area contributed by atoms with Gasteiger partial charge in [-0.25, -0.2) is 4.39 Å². The van der Waals surface area contributed by atoms with Crippen LogP contribution >= 0.6 is 23.2 Å². The van der Waals surface area contributed by atoms with Crippen molar-refractivity contribution in [3.05, 3.63) is 69.5 Å². The molecule has 0 amide bonds. The van der Waals surface area contributed by atoms with Crippen molar-refractivity contribution in [3.8, 4) is 0 Å². The summed E-state index contributed by atoms with van der Waals surface area (Å²) in [5.74, 6) is 5.12. The van der Waals surface area contributed by atoms with Gasteiger partial charge < -0.3 is 0 Å². The Morgan fingerprint density at radius 2 is 1.84 bits per heavy atom. The lowest BCUT2D eigenvalue weighted by atomic mass is 9.99. The fourth-order valence-electron chi connectivity index (χ4n) is 1.89. The van der Waals surface area contributed by atoms with E-state index in [0.717, 1.165) is 11.1 Å². The van der Waals surface area contributed by atoms with Gasteiger partial charge in [-0.2, -0.15) is 0 Å². The molecule has 0 radical (unpaired) electrons. The molecular weight excluding hydrogens is 286 g/mol. The molecule has 2 rings (SSSR count). The monoisotopic (exact) mass is 298 g/mol. The van der Waals surface area contributed by atoms with E-state index in [4.69, 9.17) is 29.0 Å². The summed E-state index contributed by atoms with van der Waals surface area (Å²) in [6.07, 6.45) is 0.595. The predicted octanol–water partition coefficient (Wildman–Crippen LogP) is 3.88. The van der Waals surface area contributed by atoms with E-state index in [1.165, 1.54) is 6.07 Å². The standard InChI is InChI=1S/C14H13Cl2FN2/c15-11-4-2-1-3-9(11)8-14(19-18)10-5-6-13(17)12(16)7-10/h1-7,14,19H,8,18H2. The van der Waals surface area contributed by atoms with Crippen LogP contribution in [-0.4, -0.2) is 0 Å². The predicted molar refractivity (Wildman–Crippen MR) is 76.6 cm³/mol. The zero-order chi connectivity index (χ0) is 13.8. The van der Waals surface area contributed by atoms with Gasteiger partial charge in [0.25, 0.3) is 0 Å². The lowest BCUT2D eigenvalue weighted by Crippen LogP contribution is -2.29. The third kappa shape index (κ3) is 3.45. The topological polar surface area (TPSA) is 38.0 Å². The molecule has 0 aliphatic rings. The molecule has 5 heteroatoms. The first-order valence-electron chi connectivity index (χ1n) is 5.76. The van der Waals surface area contributed by atoms with E-state index in [-0.39, 0.29) is 11.1 Å². The Hall–Kier alpha value is -1.13. The molecule has 0 aromatic heterocycles. The largest absolute Gasteiger partial charge is 0.271 e. The maximum atomic E-state index is 13.2. The Bertz CT molecular complexity index is 575. The number of hydrazine groups is 1. The lowest BCUT2D eigenvalue weighted by Gasteiger charge is -2.17. The van der Waals surface area contributed by atoms with E-state index >= 15 is 0 Å². The first-order valence-corrected chi connectivity index (χ1v) is 6.52. The number of hydrogen-bond acceptors (Lipinski definition) is 2.